The quantitative estimate of drug-likeness (QED) is 0.855. The van der Waals surface area contributed by atoms with Crippen molar-refractivity contribution in [2.24, 2.45) is 5.73 Å². The molecule has 1 heterocycles. The molecule has 2 N–H and O–H groups in total. The molecular formula is C13H15N3O. The maximum Gasteiger partial charge on any atom is 0.234 e. The summed E-state index contributed by atoms with van der Waals surface area (Å²) in [5, 5.41) is 3.87. The maximum absolute atomic E-state index is 5.50. The summed E-state index contributed by atoms with van der Waals surface area (Å²) in [6.45, 7) is 0.331. The third kappa shape index (κ3) is 1.85. The van der Waals surface area contributed by atoms with E-state index < -0.39 is 0 Å². The van der Waals surface area contributed by atoms with E-state index >= 15 is 0 Å². The summed E-state index contributed by atoms with van der Waals surface area (Å²) in [5.41, 5.74) is 8.23. The Morgan fingerprint density at radius 3 is 3.06 bits per heavy atom. The summed E-state index contributed by atoms with van der Waals surface area (Å²) in [7, 11) is 0. The van der Waals surface area contributed by atoms with Gasteiger partial charge in [0.2, 0.25) is 5.89 Å². The van der Waals surface area contributed by atoms with Gasteiger partial charge in [0.25, 0.3) is 0 Å². The molecule has 3 rings (SSSR count). The lowest BCUT2D eigenvalue weighted by Gasteiger charge is -2.22. The van der Waals surface area contributed by atoms with Crippen LogP contribution in [0, 0.1) is 0 Å². The fourth-order valence-electron chi connectivity index (χ4n) is 2.50. The van der Waals surface area contributed by atoms with Gasteiger partial charge in [-0.3, -0.25) is 0 Å². The molecular weight excluding hydrogens is 214 g/mol. The summed E-state index contributed by atoms with van der Waals surface area (Å²) in [6.07, 6.45) is 3.38. The summed E-state index contributed by atoms with van der Waals surface area (Å²) >= 11 is 0. The van der Waals surface area contributed by atoms with Crippen molar-refractivity contribution in [3.63, 3.8) is 0 Å². The molecule has 0 amide bonds. The largest absolute Gasteiger partial charge is 0.339 e. The normalized spacial score (nSPS) is 19.0. The zero-order valence-electron chi connectivity index (χ0n) is 9.60. The number of hydrogen-bond acceptors (Lipinski definition) is 4. The Kier molecular flexibility index (Phi) is 2.65. The second kappa shape index (κ2) is 4.30. The van der Waals surface area contributed by atoms with Gasteiger partial charge in [-0.15, -0.1) is 0 Å². The minimum Gasteiger partial charge on any atom is -0.339 e. The van der Waals surface area contributed by atoms with Crippen LogP contribution in [0.5, 0.6) is 0 Å². The van der Waals surface area contributed by atoms with Crippen molar-refractivity contribution in [2.75, 3.05) is 0 Å². The van der Waals surface area contributed by atoms with Crippen LogP contribution in [0.4, 0.5) is 0 Å². The van der Waals surface area contributed by atoms with Gasteiger partial charge in [0, 0.05) is 0 Å². The van der Waals surface area contributed by atoms with Gasteiger partial charge in [-0.25, -0.2) is 0 Å². The van der Waals surface area contributed by atoms with Crippen LogP contribution < -0.4 is 5.73 Å². The van der Waals surface area contributed by atoms with Crippen LogP contribution >= 0.6 is 0 Å². The van der Waals surface area contributed by atoms with Crippen LogP contribution in [0.15, 0.2) is 28.8 Å². The molecule has 1 aromatic carbocycles. The summed E-state index contributed by atoms with van der Waals surface area (Å²) in [4.78, 5) is 4.35. The first-order valence-corrected chi connectivity index (χ1v) is 5.99. The van der Waals surface area contributed by atoms with Crippen molar-refractivity contribution in [1.82, 2.24) is 10.1 Å². The highest BCUT2D eigenvalue weighted by Crippen LogP contribution is 2.35. The Labute approximate surface area is 99.8 Å². The Bertz CT molecular complexity index is 521. The van der Waals surface area contributed by atoms with Crippen molar-refractivity contribution in [3.8, 4) is 0 Å². The molecule has 0 fully saturated rings. The van der Waals surface area contributed by atoms with Crippen molar-refractivity contribution < 1.29 is 4.52 Å². The van der Waals surface area contributed by atoms with Crippen molar-refractivity contribution >= 4 is 0 Å². The lowest BCUT2D eigenvalue weighted by Crippen LogP contribution is -2.11. The molecule has 4 nitrogen and oxygen atoms in total. The average molecular weight is 229 g/mol. The molecule has 1 aromatic heterocycles. The topological polar surface area (TPSA) is 64.9 Å². The van der Waals surface area contributed by atoms with Crippen LogP contribution in [-0.4, -0.2) is 10.1 Å². The van der Waals surface area contributed by atoms with Crippen LogP contribution in [0.25, 0.3) is 0 Å². The Hall–Kier alpha value is -1.68. The Balaban J connectivity index is 1.99. The molecule has 2 aromatic rings. The number of hydrogen-bond donors (Lipinski definition) is 1. The number of rotatable bonds is 2. The molecule has 0 aliphatic heterocycles. The molecule has 1 aliphatic rings. The molecule has 0 saturated carbocycles. The van der Waals surface area contributed by atoms with E-state index in [4.69, 9.17) is 10.3 Å². The van der Waals surface area contributed by atoms with Gasteiger partial charge in [0.1, 0.15) is 0 Å². The van der Waals surface area contributed by atoms with E-state index in [-0.39, 0.29) is 5.92 Å². The van der Waals surface area contributed by atoms with Crippen LogP contribution in [0.1, 0.15) is 41.6 Å². The van der Waals surface area contributed by atoms with Crippen LogP contribution in [0.3, 0.4) is 0 Å². The van der Waals surface area contributed by atoms with E-state index in [0.29, 0.717) is 18.3 Å². The Morgan fingerprint density at radius 2 is 2.24 bits per heavy atom. The van der Waals surface area contributed by atoms with Gasteiger partial charge < -0.3 is 10.3 Å². The van der Waals surface area contributed by atoms with E-state index in [9.17, 15) is 0 Å². The highest BCUT2D eigenvalue weighted by molar-refractivity contribution is 5.35. The first-order chi connectivity index (χ1) is 8.38. The summed E-state index contributed by atoms with van der Waals surface area (Å²) in [5.74, 6) is 1.54. The van der Waals surface area contributed by atoms with Gasteiger partial charge in [0.15, 0.2) is 5.82 Å². The van der Waals surface area contributed by atoms with E-state index in [1.807, 2.05) is 0 Å². The average Bonchev–Trinajstić information content (AvgIpc) is 2.87. The molecule has 0 bridgehead atoms. The van der Waals surface area contributed by atoms with E-state index in [2.05, 4.69) is 34.4 Å². The molecule has 1 atom stereocenters. The van der Waals surface area contributed by atoms with E-state index in [0.717, 1.165) is 12.8 Å². The lowest BCUT2D eigenvalue weighted by atomic mass is 9.83. The molecule has 88 valence electrons. The number of benzene rings is 1. The second-order valence-electron chi connectivity index (χ2n) is 4.40. The number of nitrogens with two attached hydrogens (primary N) is 1. The standard InChI is InChI=1S/C13H15N3O/c14-8-12-15-13(17-16-12)11-7-3-5-9-4-1-2-6-10(9)11/h1-2,4,6,11H,3,5,7-8,14H2. The predicted octanol–water partition coefficient (Wildman–Crippen LogP) is 2.00. The lowest BCUT2D eigenvalue weighted by molar-refractivity contribution is 0.350. The number of aromatic nitrogens is 2. The van der Waals surface area contributed by atoms with E-state index in [1.165, 1.54) is 17.5 Å². The molecule has 0 saturated heterocycles. The minimum atomic E-state index is 0.243. The monoisotopic (exact) mass is 229 g/mol. The smallest absolute Gasteiger partial charge is 0.234 e. The van der Waals surface area contributed by atoms with Crippen LogP contribution in [0.2, 0.25) is 0 Å². The summed E-state index contributed by atoms with van der Waals surface area (Å²) < 4.78 is 5.31. The SMILES string of the molecule is NCc1noc(C2CCCc3ccccc32)n1. The highest BCUT2D eigenvalue weighted by Gasteiger charge is 2.25. The van der Waals surface area contributed by atoms with Gasteiger partial charge in [0.05, 0.1) is 12.5 Å². The molecule has 1 unspecified atom stereocenters. The molecule has 4 heteroatoms. The van der Waals surface area contributed by atoms with E-state index in [1.54, 1.807) is 0 Å². The maximum atomic E-state index is 5.50. The first-order valence-electron chi connectivity index (χ1n) is 5.99. The highest BCUT2D eigenvalue weighted by atomic mass is 16.5. The third-order valence-corrected chi connectivity index (χ3v) is 3.33. The fraction of sp³-hybridized carbons (Fsp3) is 0.385. The number of aryl methyl sites for hydroxylation is 1. The molecule has 0 spiro atoms. The minimum absolute atomic E-state index is 0.243. The van der Waals surface area contributed by atoms with Crippen molar-refractivity contribution in [1.29, 1.82) is 0 Å². The predicted molar refractivity (Wildman–Crippen MR) is 63.4 cm³/mol. The third-order valence-electron chi connectivity index (χ3n) is 3.33. The summed E-state index contributed by atoms with van der Waals surface area (Å²) in [6, 6.07) is 8.49. The number of fused-ring (bicyclic) bond motifs is 1. The van der Waals surface area contributed by atoms with Crippen molar-refractivity contribution in [3.05, 3.63) is 47.1 Å². The molecule has 17 heavy (non-hydrogen) atoms. The zero-order valence-corrected chi connectivity index (χ0v) is 9.60. The second-order valence-corrected chi connectivity index (χ2v) is 4.40. The fourth-order valence-corrected chi connectivity index (χ4v) is 2.50. The Morgan fingerprint density at radius 1 is 1.35 bits per heavy atom. The molecule has 1 aliphatic carbocycles. The zero-order chi connectivity index (χ0) is 11.7. The number of nitrogens with zero attached hydrogens (tertiary/aromatic N) is 2. The van der Waals surface area contributed by atoms with Gasteiger partial charge in [-0.05, 0) is 30.4 Å². The van der Waals surface area contributed by atoms with Crippen molar-refractivity contribution in [2.45, 2.75) is 31.7 Å². The first kappa shape index (κ1) is 10.5. The van der Waals surface area contributed by atoms with Gasteiger partial charge in [-0.1, -0.05) is 29.4 Å². The van der Waals surface area contributed by atoms with Gasteiger partial charge in [-0.2, -0.15) is 4.98 Å². The molecule has 0 radical (unpaired) electrons. The van der Waals surface area contributed by atoms with Gasteiger partial charge >= 0.3 is 0 Å². The van der Waals surface area contributed by atoms with Crippen LogP contribution in [-0.2, 0) is 13.0 Å².